The van der Waals surface area contributed by atoms with Crippen LogP contribution in [0.25, 0.3) is 14.7 Å². The van der Waals surface area contributed by atoms with Gasteiger partial charge in [0, 0.05) is 11.7 Å². The van der Waals surface area contributed by atoms with Crippen LogP contribution < -0.4 is 0 Å². The molecule has 1 aliphatic rings. The molecule has 0 amide bonds. The first-order valence-electron chi connectivity index (χ1n) is 11.5. The summed E-state index contributed by atoms with van der Waals surface area (Å²) < 4.78 is 39.4. The van der Waals surface area contributed by atoms with Crippen LogP contribution in [0.2, 0.25) is 0 Å². The van der Waals surface area contributed by atoms with Gasteiger partial charge in [0.15, 0.2) is 0 Å². The number of allylic oxidation sites excluding steroid dienone is 4. The number of unbranched alkanes of at least 4 members (excludes halogenated alkanes) is 3. The predicted octanol–water partition coefficient (Wildman–Crippen LogP) is 6.08. The molecular formula is C27H27N2O5PS. The van der Waals surface area contributed by atoms with Crippen LogP contribution in [0.4, 0.5) is 0 Å². The van der Waals surface area contributed by atoms with Crippen molar-refractivity contribution in [3.8, 4) is 6.07 Å². The van der Waals surface area contributed by atoms with Gasteiger partial charge >= 0.3 is 7.60 Å². The van der Waals surface area contributed by atoms with Crippen LogP contribution in [0, 0.1) is 17.9 Å². The lowest BCUT2D eigenvalue weighted by Crippen LogP contribution is -2.18. The zero-order valence-corrected chi connectivity index (χ0v) is 21.6. The van der Waals surface area contributed by atoms with Crippen LogP contribution in [0.5, 0.6) is 0 Å². The molecule has 0 unspecified atom stereocenters. The fourth-order valence-electron chi connectivity index (χ4n) is 4.47. The van der Waals surface area contributed by atoms with Gasteiger partial charge in [0.1, 0.15) is 0 Å². The molecule has 1 aliphatic heterocycles. The Bertz CT molecular complexity index is 1440. The zero-order valence-electron chi connectivity index (χ0n) is 19.9. The highest BCUT2D eigenvalue weighted by Crippen LogP contribution is 2.48. The van der Waals surface area contributed by atoms with Crippen molar-refractivity contribution in [2.45, 2.75) is 39.0 Å². The second kappa shape index (κ2) is 11.6. The highest BCUT2D eigenvalue weighted by Gasteiger charge is 2.38. The summed E-state index contributed by atoms with van der Waals surface area (Å²) in [5.41, 5.74) is 1.94. The second-order valence-electron chi connectivity index (χ2n) is 8.50. The largest absolute Gasteiger partial charge is 0.325 e. The highest BCUT2D eigenvalue weighted by atomic mass is 32.2. The third kappa shape index (κ3) is 6.10. The second-order valence-corrected chi connectivity index (χ2v) is 12.1. The molecule has 0 radical (unpaired) electrons. The fourth-order valence-corrected chi connectivity index (χ4v) is 7.23. The van der Waals surface area contributed by atoms with Gasteiger partial charge in [-0.05, 0) is 48.5 Å². The third-order valence-electron chi connectivity index (χ3n) is 5.98. The molecule has 7 nitrogen and oxygen atoms in total. The first kappa shape index (κ1) is 27.3. The Labute approximate surface area is 212 Å². The summed E-state index contributed by atoms with van der Waals surface area (Å²) in [6, 6.07) is 19.3. The van der Waals surface area contributed by atoms with Gasteiger partial charge in [-0.3, -0.25) is 4.57 Å². The standard InChI is InChI=1S/C27H27N2O5PS/c1-20-25(24(19-28)29-2)23(17-11-3-4-12-18-35(30,31)32)27(22-15-9-6-10-16-22)36(33,34)26(20)21-13-7-5-8-14-21/h5-10,13-16H,3-4,11-12,17-18H2,1H3,(H2,30,31,32)/b25-24+. The van der Waals surface area contributed by atoms with Crippen LogP contribution in [-0.4, -0.2) is 24.4 Å². The van der Waals surface area contributed by atoms with Crippen LogP contribution >= 0.6 is 7.60 Å². The molecular weight excluding hydrogens is 495 g/mol. The maximum absolute atomic E-state index is 14.1. The van der Waals surface area contributed by atoms with E-state index < -0.39 is 17.4 Å². The highest BCUT2D eigenvalue weighted by molar-refractivity contribution is 8.09. The molecule has 3 rings (SSSR count). The van der Waals surface area contributed by atoms with Crippen molar-refractivity contribution in [3.05, 3.63) is 106 Å². The molecule has 0 saturated carbocycles. The van der Waals surface area contributed by atoms with Gasteiger partial charge < -0.3 is 9.79 Å². The minimum Gasteiger partial charge on any atom is -0.324 e. The number of sulfone groups is 1. The number of hydrogen-bond donors (Lipinski definition) is 2. The summed E-state index contributed by atoms with van der Waals surface area (Å²) in [6.07, 6.45) is 2.20. The Hall–Kier alpha value is -3.26. The Morgan fingerprint density at radius 2 is 1.47 bits per heavy atom. The van der Waals surface area contributed by atoms with Crippen molar-refractivity contribution in [3.63, 3.8) is 0 Å². The van der Waals surface area contributed by atoms with E-state index in [0.29, 0.717) is 60.0 Å². The molecule has 9 heteroatoms. The van der Waals surface area contributed by atoms with Gasteiger partial charge in [0.25, 0.3) is 5.70 Å². The van der Waals surface area contributed by atoms with E-state index in [-0.39, 0.29) is 21.7 Å². The third-order valence-corrected chi connectivity index (χ3v) is 8.98. The topological polar surface area (TPSA) is 120 Å². The van der Waals surface area contributed by atoms with E-state index >= 15 is 0 Å². The average molecular weight is 523 g/mol. The van der Waals surface area contributed by atoms with Gasteiger partial charge in [-0.15, -0.1) is 0 Å². The first-order chi connectivity index (χ1) is 17.1. The molecule has 0 aromatic heterocycles. The Balaban J connectivity index is 2.17. The van der Waals surface area contributed by atoms with Gasteiger partial charge in [-0.1, -0.05) is 73.5 Å². The molecule has 186 valence electrons. The first-order valence-corrected chi connectivity index (χ1v) is 14.8. The Morgan fingerprint density at radius 3 is 1.97 bits per heavy atom. The Morgan fingerprint density at radius 1 is 0.944 bits per heavy atom. The fraction of sp³-hybridized carbons (Fsp3) is 0.259. The smallest absolute Gasteiger partial charge is 0.324 e. The number of hydrogen-bond acceptors (Lipinski definition) is 4. The average Bonchev–Trinajstić information content (AvgIpc) is 2.83. The van der Waals surface area contributed by atoms with Crippen molar-refractivity contribution in [1.29, 1.82) is 5.26 Å². The molecule has 2 N–H and O–H groups in total. The molecule has 1 heterocycles. The van der Waals surface area contributed by atoms with Crippen LogP contribution in [0.15, 0.2) is 83.1 Å². The Kier molecular flexibility index (Phi) is 8.84. The monoisotopic (exact) mass is 522 g/mol. The van der Waals surface area contributed by atoms with Crippen molar-refractivity contribution in [2.75, 3.05) is 6.16 Å². The minimum atomic E-state index is -4.06. The molecule has 0 fully saturated rings. The molecule has 0 atom stereocenters. The quantitative estimate of drug-likeness (QED) is 0.178. The normalized spacial score (nSPS) is 16.9. The van der Waals surface area contributed by atoms with Crippen molar-refractivity contribution >= 4 is 27.2 Å². The van der Waals surface area contributed by atoms with E-state index in [1.165, 1.54) is 0 Å². The molecule has 0 spiro atoms. The van der Waals surface area contributed by atoms with E-state index in [4.69, 9.17) is 16.4 Å². The maximum atomic E-state index is 14.1. The number of rotatable bonds is 9. The van der Waals surface area contributed by atoms with Crippen molar-refractivity contribution < 1.29 is 22.8 Å². The zero-order chi connectivity index (χ0) is 26.3. The maximum Gasteiger partial charge on any atom is 0.325 e. The van der Waals surface area contributed by atoms with E-state index in [9.17, 15) is 18.2 Å². The number of nitriles is 1. The molecule has 0 aliphatic carbocycles. The van der Waals surface area contributed by atoms with Crippen molar-refractivity contribution in [2.24, 2.45) is 0 Å². The van der Waals surface area contributed by atoms with Crippen LogP contribution in [0.3, 0.4) is 0 Å². The lowest BCUT2D eigenvalue weighted by molar-refractivity contribution is 0.370. The molecule has 36 heavy (non-hydrogen) atoms. The van der Waals surface area contributed by atoms with Crippen LogP contribution in [0.1, 0.15) is 50.2 Å². The molecule has 2 aromatic rings. The summed E-state index contributed by atoms with van der Waals surface area (Å²) in [7, 11) is -8.06. The lowest BCUT2D eigenvalue weighted by Gasteiger charge is -2.28. The summed E-state index contributed by atoms with van der Waals surface area (Å²) in [6.45, 7) is 9.26. The van der Waals surface area contributed by atoms with Gasteiger partial charge in [-0.25, -0.2) is 18.5 Å². The number of benzene rings is 2. The van der Waals surface area contributed by atoms with E-state index in [2.05, 4.69) is 4.85 Å². The minimum absolute atomic E-state index is 0.0822. The van der Waals surface area contributed by atoms with E-state index in [1.54, 1.807) is 67.6 Å². The summed E-state index contributed by atoms with van der Waals surface area (Å²) >= 11 is 0. The summed E-state index contributed by atoms with van der Waals surface area (Å²) in [5.74, 6) is 0. The molecule has 0 saturated heterocycles. The SMILES string of the molecule is [C-]#[N+]/C(C#N)=C1\C(C)=C(c2ccccc2)S(=O)(=O)C(c2ccccc2)=C1CCCCCCP(=O)(O)O. The predicted molar refractivity (Wildman–Crippen MR) is 141 cm³/mol. The number of nitrogens with zero attached hydrogens (tertiary/aromatic N) is 2. The van der Waals surface area contributed by atoms with Crippen LogP contribution in [-0.2, 0) is 14.4 Å². The summed E-state index contributed by atoms with van der Waals surface area (Å²) in [5, 5.41) is 9.79. The molecule has 2 aromatic carbocycles. The molecule has 0 bridgehead atoms. The van der Waals surface area contributed by atoms with Gasteiger partial charge in [0.2, 0.25) is 9.84 Å². The van der Waals surface area contributed by atoms with Gasteiger partial charge in [0.05, 0.1) is 22.5 Å². The van der Waals surface area contributed by atoms with Crippen molar-refractivity contribution in [1.82, 2.24) is 0 Å². The summed E-state index contributed by atoms with van der Waals surface area (Å²) in [4.78, 5) is 21.7. The lowest BCUT2D eigenvalue weighted by atomic mass is 9.89. The van der Waals surface area contributed by atoms with E-state index in [1.807, 2.05) is 6.07 Å². The van der Waals surface area contributed by atoms with Gasteiger partial charge in [-0.2, -0.15) is 0 Å². The van der Waals surface area contributed by atoms with E-state index in [0.717, 1.165) is 0 Å².